The van der Waals surface area contributed by atoms with Crippen LogP contribution >= 0.6 is 11.6 Å². The van der Waals surface area contributed by atoms with Crippen LogP contribution < -0.4 is 0 Å². The average Bonchev–Trinajstić information content (AvgIpc) is 2.95. The first-order valence-corrected chi connectivity index (χ1v) is 7.18. The summed E-state index contributed by atoms with van der Waals surface area (Å²) in [6.45, 7) is 0. The molecule has 4 rings (SSSR count). The molecule has 0 saturated heterocycles. The molecule has 0 aliphatic heterocycles. The van der Waals surface area contributed by atoms with Gasteiger partial charge in [-0.3, -0.25) is 0 Å². The Kier molecular flexibility index (Phi) is 3.24. The molecule has 0 fully saturated rings. The van der Waals surface area contributed by atoms with Crippen molar-refractivity contribution in [2.24, 2.45) is 0 Å². The molecule has 0 N–H and O–H groups in total. The summed E-state index contributed by atoms with van der Waals surface area (Å²) < 4.78 is 14.8. The van der Waals surface area contributed by atoms with Crippen molar-refractivity contribution in [2.45, 2.75) is 0 Å². The van der Waals surface area contributed by atoms with Crippen molar-refractivity contribution in [1.82, 2.24) is 24.8 Å². The number of hydrogen-bond acceptors (Lipinski definition) is 4. The van der Waals surface area contributed by atoms with E-state index in [1.54, 1.807) is 41.3 Å². The third-order valence-corrected chi connectivity index (χ3v) is 3.65. The van der Waals surface area contributed by atoms with Gasteiger partial charge in [0, 0.05) is 11.8 Å². The molecule has 112 valence electrons. The molecule has 1 aromatic carbocycles. The molecule has 5 nitrogen and oxygen atoms in total. The van der Waals surface area contributed by atoms with Crippen LogP contribution in [-0.2, 0) is 0 Å². The molecule has 4 aromatic rings. The molecule has 3 aromatic heterocycles. The average molecular weight is 326 g/mol. The smallest absolute Gasteiger partial charge is 0.185 e. The Balaban J connectivity index is 2.04. The molecule has 0 amide bonds. The van der Waals surface area contributed by atoms with E-state index in [4.69, 9.17) is 11.6 Å². The zero-order valence-corrected chi connectivity index (χ0v) is 12.4. The van der Waals surface area contributed by atoms with Gasteiger partial charge in [-0.2, -0.15) is 10.2 Å². The van der Waals surface area contributed by atoms with Gasteiger partial charge in [0.1, 0.15) is 16.7 Å². The van der Waals surface area contributed by atoms with Gasteiger partial charge < -0.3 is 0 Å². The molecular formula is C16H9ClFN5. The molecule has 0 unspecified atom stereocenters. The monoisotopic (exact) mass is 325 g/mol. The second kappa shape index (κ2) is 5.40. The first-order valence-electron chi connectivity index (χ1n) is 6.80. The maximum Gasteiger partial charge on any atom is 0.185 e. The minimum Gasteiger partial charge on any atom is -0.245 e. The predicted molar refractivity (Wildman–Crippen MR) is 84.4 cm³/mol. The number of pyridine rings is 1. The largest absolute Gasteiger partial charge is 0.245 e. The number of fused-ring (bicyclic) bond motifs is 1. The quantitative estimate of drug-likeness (QED) is 0.528. The van der Waals surface area contributed by atoms with E-state index in [1.165, 1.54) is 12.1 Å². The van der Waals surface area contributed by atoms with E-state index in [9.17, 15) is 4.39 Å². The molecule has 23 heavy (non-hydrogen) atoms. The van der Waals surface area contributed by atoms with E-state index in [1.807, 2.05) is 6.07 Å². The second-order valence-electron chi connectivity index (χ2n) is 4.88. The number of nitrogens with zero attached hydrogens (tertiary/aromatic N) is 5. The fourth-order valence-electron chi connectivity index (χ4n) is 2.44. The fourth-order valence-corrected chi connectivity index (χ4v) is 2.61. The topological polar surface area (TPSA) is 56.0 Å². The van der Waals surface area contributed by atoms with Gasteiger partial charge >= 0.3 is 0 Å². The van der Waals surface area contributed by atoms with Crippen molar-refractivity contribution < 1.29 is 4.39 Å². The van der Waals surface area contributed by atoms with Crippen LogP contribution in [0.25, 0.3) is 28.0 Å². The Labute approximate surface area is 135 Å². The maximum absolute atomic E-state index is 13.2. The maximum atomic E-state index is 13.2. The van der Waals surface area contributed by atoms with Crippen LogP contribution in [0.2, 0.25) is 5.15 Å². The molecule has 0 bridgehead atoms. The lowest BCUT2D eigenvalue weighted by atomic mass is 10.0. The number of hydrogen-bond donors (Lipinski definition) is 0. The van der Waals surface area contributed by atoms with Crippen LogP contribution in [-0.4, -0.2) is 24.8 Å². The molecule has 0 atom stereocenters. The summed E-state index contributed by atoms with van der Waals surface area (Å²) >= 11 is 6.01. The van der Waals surface area contributed by atoms with Gasteiger partial charge in [0.25, 0.3) is 0 Å². The third-order valence-electron chi connectivity index (χ3n) is 3.45. The summed E-state index contributed by atoms with van der Waals surface area (Å²) in [5.41, 5.74) is 3.63. The zero-order chi connectivity index (χ0) is 15.8. The second-order valence-corrected chi connectivity index (χ2v) is 5.27. The lowest BCUT2D eigenvalue weighted by Crippen LogP contribution is -1.91. The highest BCUT2D eigenvalue weighted by molar-refractivity contribution is 6.29. The minimum atomic E-state index is -0.300. The van der Waals surface area contributed by atoms with E-state index in [2.05, 4.69) is 20.3 Å². The predicted octanol–water partition coefficient (Wildman–Crippen LogP) is 3.65. The van der Waals surface area contributed by atoms with Crippen molar-refractivity contribution in [1.29, 1.82) is 0 Å². The fraction of sp³-hybridized carbons (Fsp3) is 0. The van der Waals surface area contributed by atoms with Gasteiger partial charge in [0.05, 0.1) is 18.0 Å². The lowest BCUT2D eigenvalue weighted by molar-refractivity contribution is 0.628. The van der Waals surface area contributed by atoms with Gasteiger partial charge in [-0.1, -0.05) is 11.6 Å². The highest BCUT2D eigenvalue weighted by atomic mass is 35.5. The zero-order valence-electron chi connectivity index (χ0n) is 11.7. The highest BCUT2D eigenvalue weighted by Gasteiger charge is 2.18. The van der Waals surface area contributed by atoms with Gasteiger partial charge in [0.15, 0.2) is 5.65 Å². The van der Waals surface area contributed by atoms with E-state index in [0.717, 1.165) is 16.7 Å². The Hall–Kier alpha value is -2.86. The van der Waals surface area contributed by atoms with Crippen LogP contribution in [0, 0.1) is 5.82 Å². The lowest BCUT2D eigenvalue weighted by Gasteiger charge is -2.03. The standard InChI is InChI=1S/C16H9ClFN5/c17-13-9-11(5-6-19-13)14-15(10-1-3-12(18)4-2-10)22-23-8-7-20-21-16(14)23/h1-9H. The number of aromatic nitrogens is 5. The van der Waals surface area contributed by atoms with Crippen molar-refractivity contribution >= 4 is 17.2 Å². The molecule has 3 heterocycles. The van der Waals surface area contributed by atoms with Crippen molar-refractivity contribution in [2.75, 3.05) is 0 Å². The van der Waals surface area contributed by atoms with E-state index in [0.29, 0.717) is 16.5 Å². The summed E-state index contributed by atoms with van der Waals surface area (Å²) in [4.78, 5) is 4.00. The molecule has 0 radical (unpaired) electrons. The molecule has 0 aliphatic rings. The Morgan fingerprint density at radius 2 is 1.83 bits per heavy atom. The number of halogens is 2. The SMILES string of the molecule is Fc1ccc(-c2nn3ccnnc3c2-c2ccnc(Cl)c2)cc1. The van der Waals surface area contributed by atoms with Crippen LogP contribution in [0.4, 0.5) is 4.39 Å². The van der Waals surface area contributed by atoms with Gasteiger partial charge in [0.2, 0.25) is 0 Å². The van der Waals surface area contributed by atoms with E-state index >= 15 is 0 Å². The molecule has 7 heteroatoms. The summed E-state index contributed by atoms with van der Waals surface area (Å²) in [6, 6.07) is 9.71. The number of rotatable bonds is 2. The van der Waals surface area contributed by atoms with Gasteiger partial charge in [-0.15, -0.1) is 5.10 Å². The highest BCUT2D eigenvalue weighted by Crippen LogP contribution is 2.34. The first kappa shape index (κ1) is 13.8. The van der Waals surface area contributed by atoms with Crippen LogP contribution in [0.1, 0.15) is 0 Å². The molecular weight excluding hydrogens is 317 g/mol. The van der Waals surface area contributed by atoms with Crippen LogP contribution in [0.15, 0.2) is 55.0 Å². The van der Waals surface area contributed by atoms with Crippen molar-refractivity contribution in [3.05, 3.63) is 66.0 Å². The third kappa shape index (κ3) is 2.43. The van der Waals surface area contributed by atoms with Crippen LogP contribution in [0.3, 0.4) is 0 Å². The minimum absolute atomic E-state index is 0.300. The molecule has 0 aliphatic carbocycles. The van der Waals surface area contributed by atoms with E-state index in [-0.39, 0.29) is 5.82 Å². The van der Waals surface area contributed by atoms with Gasteiger partial charge in [-0.05, 0) is 42.0 Å². The number of benzene rings is 1. The molecule has 0 saturated carbocycles. The first-order chi connectivity index (χ1) is 11.2. The van der Waals surface area contributed by atoms with E-state index < -0.39 is 0 Å². The Bertz CT molecular complexity index is 997. The summed E-state index contributed by atoms with van der Waals surface area (Å²) in [6.07, 6.45) is 4.88. The van der Waals surface area contributed by atoms with Gasteiger partial charge in [-0.25, -0.2) is 13.9 Å². The Morgan fingerprint density at radius 1 is 1.00 bits per heavy atom. The van der Waals surface area contributed by atoms with Crippen molar-refractivity contribution in [3.8, 4) is 22.4 Å². The molecule has 0 spiro atoms. The van der Waals surface area contributed by atoms with Crippen LogP contribution in [0.5, 0.6) is 0 Å². The van der Waals surface area contributed by atoms with Crippen molar-refractivity contribution in [3.63, 3.8) is 0 Å². The summed E-state index contributed by atoms with van der Waals surface area (Å²) in [5, 5.41) is 13.0. The summed E-state index contributed by atoms with van der Waals surface area (Å²) in [7, 11) is 0. The normalized spacial score (nSPS) is 11.0. The Morgan fingerprint density at radius 3 is 2.61 bits per heavy atom. The summed E-state index contributed by atoms with van der Waals surface area (Å²) in [5.74, 6) is -0.300.